The summed E-state index contributed by atoms with van der Waals surface area (Å²) in [6, 6.07) is 0. The summed E-state index contributed by atoms with van der Waals surface area (Å²) in [4.78, 5) is 15.8. The van der Waals surface area contributed by atoms with Crippen LogP contribution >= 0.6 is 11.3 Å². The van der Waals surface area contributed by atoms with Gasteiger partial charge in [0.05, 0.1) is 17.8 Å². The summed E-state index contributed by atoms with van der Waals surface area (Å²) in [6.07, 6.45) is 1.18. The Morgan fingerprint density at radius 1 is 1.44 bits per heavy atom. The van der Waals surface area contributed by atoms with Crippen molar-refractivity contribution in [3.05, 3.63) is 21.4 Å². The molecular weight excluding hydrogens is 246 g/mol. The number of hydrogen-bond acceptors (Lipinski definition) is 3. The van der Waals surface area contributed by atoms with Crippen molar-refractivity contribution in [1.82, 2.24) is 4.90 Å². The molecule has 1 aromatic rings. The van der Waals surface area contributed by atoms with Crippen LogP contribution in [0.15, 0.2) is 5.38 Å². The van der Waals surface area contributed by atoms with Gasteiger partial charge in [-0.2, -0.15) is 0 Å². The molecule has 1 saturated heterocycles. The maximum Gasteiger partial charge on any atom is 0.255 e. The van der Waals surface area contributed by atoms with Crippen LogP contribution in [-0.4, -0.2) is 36.1 Å². The Morgan fingerprint density at radius 3 is 2.61 bits per heavy atom. The van der Waals surface area contributed by atoms with E-state index in [0.717, 1.165) is 12.0 Å². The van der Waals surface area contributed by atoms with Crippen molar-refractivity contribution in [2.45, 2.75) is 46.3 Å². The van der Waals surface area contributed by atoms with Crippen molar-refractivity contribution >= 4 is 17.2 Å². The van der Waals surface area contributed by atoms with Gasteiger partial charge in [-0.25, -0.2) is 0 Å². The number of nitrogens with zero attached hydrogens (tertiary/aromatic N) is 1. The molecule has 2 atom stereocenters. The van der Waals surface area contributed by atoms with Gasteiger partial charge in [0.15, 0.2) is 0 Å². The molecule has 2 rings (SSSR count). The van der Waals surface area contributed by atoms with E-state index in [-0.39, 0.29) is 18.1 Å². The number of hydrogen-bond donors (Lipinski definition) is 0. The van der Waals surface area contributed by atoms with E-state index in [1.807, 2.05) is 24.1 Å². The van der Waals surface area contributed by atoms with Crippen LogP contribution in [-0.2, 0) is 11.2 Å². The summed E-state index contributed by atoms with van der Waals surface area (Å²) in [5.41, 5.74) is 2.10. The fourth-order valence-electron chi connectivity index (χ4n) is 2.61. The van der Waals surface area contributed by atoms with Gasteiger partial charge in [-0.1, -0.05) is 6.92 Å². The van der Waals surface area contributed by atoms with Gasteiger partial charge in [-0.05, 0) is 32.8 Å². The molecule has 100 valence electrons. The Bertz CT molecular complexity index is 431. The molecule has 4 heteroatoms. The summed E-state index contributed by atoms with van der Waals surface area (Å²) < 4.78 is 5.67. The van der Waals surface area contributed by atoms with Crippen LogP contribution in [0, 0.1) is 6.92 Å². The summed E-state index contributed by atoms with van der Waals surface area (Å²) in [5, 5.41) is 2.00. The lowest BCUT2D eigenvalue weighted by molar-refractivity contribution is -0.0586. The zero-order valence-electron chi connectivity index (χ0n) is 11.5. The maximum atomic E-state index is 12.6. The predicted octanol–water partition coefficient (Wildman–Crippen LogP) is 2.87. The van der Waals surface area contributed by atoms with Crippen LogP contribution in [0.25, 0.3) is 0 Å². The molecule has 1 amide bonds. The molecule has 2 heterocycles. The highest BCUT2D eigenvalue weighted by Gasteiger charge is 2.28. The summed E-state index contributed by atoms with van der Waals surface area (Å²) in [7, 11) is 0. The topological polar surface area (TPSA) is 29.5 Å². The Labute approximate surface area is 113 Å². The molecule has 0 aromatic carbocycles. The summed E-state index contributed by atoms with van der Waals surface area (Å²) >= 11 is 1.67. The Morgan fingerprint density at radius 2 is 2.06 bits per heavy atom. The highest BCUT2D eigenvalue weighted by molar-refractivity contribution is 7.10. The number of morpholine rings is 1. The standard InChI is InChI=1S/C14H21NO2S/c1-5-12-11(4)18-8-13(12)14(16)15-6-9(2)17-10(3)7-15/h8-10H,5-7H2,1-4H3/t9-,10+. The lowest BCUT2D eigenvalue weighted by atomic mass is 10.1. The second-order valence-corrected chi connectivity index (χ2v) is 6.09. The molecule has 0 bridgehead atoms. The van der Waals surface area contributed by atoms with Gasteiger partial charge in [0.25, 0.3) is 5.91 Å². The number of aryl methyl sites for hydroxylation is 1. The minimum atomic E-state index is 0.127. The average molecular weight is 267 g/mol. The Hall–Kier alpha value is -0.870. The van der Waals surface area contributed by atoms with E-state index in [1.54, 1.807) is 11.3 Å². The lowest BCUT2D eigenvalue weighted by Gasteiger charge is -2.35. The number of amides is 1. The van der Waals surface area contributed by atoms with Gasteiger partial charge < -0.3 is 9.64 Å². The average Bonchev–Trinajstić information content (AvgIpc) is 2.68. The molecule has 18 heavy (non-hydrogen) atoms. The van der Waals surface area contributed by atoms with E-state index in [9.17, 15) is 4.79 Å². The first-order valence-electron chi connectivity index (χ1n) is 6.54. The van der Waals surface area contributed by atoms with Crippen molar-refractivity contribution in [3.8, 4) is 0 Å². The number of carbonyl (C=O) groups is 1. The molecule has 0 unspecified atom stereocenters. The fourth-order valence-corrected chi connectivity index (χ4v) is 3.55. The predicted molar refractivity (Wildman–Crippen MR) is 74.3 cm³/mol. The molecule has 0 radical (unpaired) electrons. The minimum absolute atomic E-state index is 0.127. The molecule has 3 nitrogen and oxygen atoms in total. The largest absolute Gasteiger partial charge is 0.372 e. The monoisotopic (exact) mass is 267 g/mol. The van der Waals surface area contributed by atoms with Gasteiger partial charge in [0, 0.05) is 23.3 Å². The number of rotatable bonds is 2. The Balaban J connectivity index is 2.20. The van der Waals surface area contributed by atoms with Crippen molar-refractivity contribution in [1.29, 1.82) is 0 Å². The first-order valence-corrected chi connectivity index (χ1v) is 7.42. The van der Waals surface area contributed by atoms with E-state index < -0.39 is 0 Å². The molecule has 1 aliphatic rings. The van der Waals surface area contributed by atoms with E-state index in [2.05, 4.69) is 13.8 Å². The van der Waals surface area contributed by atoms with E-state index in [0.29, 0.717) is 13.1 Å². The van der Waals surface area contributed by atoms with Gasteiger partial charge in [0.1, 0.15) is 0 Å². The number of thiophene rings is 1. The fraction of sp³-hybridized carbons (Fsp3) is 0.643. The van der Waals surface area contributed by atoms with Crippen LogP contribution in [0.4, 0.5) is 0 Å². The number of carbonyl (C=O) groups excluding carboxylic acids is 1. The van der Waals surface area contributed by atoms with Gasteiger partial charge in [-0.15, -0.1) is 11.3 Å². The van der Waals surface area contributed by atoms with Crippen molar-refractivity contribution < 1.29 is 9.53 Å². The number of ether oxygens (including phenoxy) is 1. The van der Waals surface area contributed by atoms with E-state index in [4.69, 9.17) is 4.74 Å². The smallest absolute Gasteiger partial charge is 0.255 e. The third kappa shape index (κ3) is 2.59. The van der Waals surface area contributed by atoms with Crippen LogP contribution in [0.1, 0.15) is 41.6 Å². The maximum absolute atomic E-state index is 12.6. The van der Waals surface area contributed by atoms with Crippen LogP contribution < -0.4 is 0 Å². The molecular formula is C14H21NO2S. The minimum Gasteiger partial charge on any atom is -0.372 e. The quantitative estimate of drug-likeness (QED) is 0.824. The van der Waals surface area contributed by atoms with Gasteiger partial charge in [-0.3, -0.25) is 4.79 Å². The lowest BCUT2D eigenvalue weighted by Crippen LogP contribution is -2.48. The van der Waals surface area contributed by atoms with Crippen molar-refractivity contribution in [3.63, 3.8) is 0 Å². The molecule has 1 aliphatic heterocycles. The van der Waals surface area contributed by atoms with Crippen molar-refractivity contribution in [2.24, 2.45) is 0 Å². The first kappa shape index (κ1) is 13.6. The van der Waals surface area contributed by atoms with E-state index in [1.165, 1.54) is 10.4 Å². The molecule has 1 aromatic heterocycles. The van der Waals surface area contributed by atoms with Crippen LogP contribution in [0.2, 0.25) is 0 Å². The Kier molecular flexibility index (Phi) is 4.07. The molecule has 1 fully saturated rings. The zero-order chi connectivity index (χ0) is 13.3. The van der Waals surface area contributed by atoms with Gasteiger partial charge in [0.2, 0.25) is 0 Å². The zero-order valence-corrected chi connectivity index (χ0v) is 12.3. The highest BCUT2D eigenvalue weighted by atomic mass is 32.1. The van der Waals surface area contributed by atoms with Crippen LogP contribution in [0.5, 0.6) is 0 Å². The highest BCUT2D eigenvalue weighted by Crippen LogP contribution is 2.25. The molecule has 0 N–H and O–H groups in total. The molecule has 0 saturated carbocycles. The SMILES string of the molecule is CCc1c(C(=O)N2C[C@@H](C)O[C@@H](C)C2)csc1C. The summed E-state index contributed by atoms with van der Waals surface area (Å²) in [6.45, 7) is 9.63. The first-order chi connectivity index (χ1) is 8.52. The third-order valence-corrected chi connectivity index (χ3v) is 4.35. The summed E-state index contributed by atoms with van der Waals surface area (Å²) in [5.74, 6) is 0.165. The van der Waals surface area contributed by atoms with E-state index >= 15 is 0 Å². The van der Waals surface area contributed by atoms with Crippen LogP contribution in [0.3, 0.4) is 0 Å². The third-order valence-electron chi connectivity index (χ3n) is 3.39. The second-order valence-electron chi connectivity index (χ2n) is 5.01. The normalized spacial score (nSPS) is 24.3. The molecule has 0 spiro atoms. The van der Waals surface area contributed by atoms with Gasteiger partial charge >= 0.3 is 0 Å². The van der Waals surface area contributed by atoms with Crippen molar-refractivity contribution in [2.75, 3.05) is 13.1 Å². The second kappa shape index (κ2) is 5.41. The molecule has 0 aliphatic carbocycles.